The summed E-state index contributed by atoms with van der Waals surface area (Å²) in [4.78, 5) is 4.04. The highest BCUT2D eigenvalue weighted by Gasteiger charge is 2.12. The molecule has 1 aromatic heterocycles. The van der Waals surface area contributed by atoms with Crippen LogP contribution in [-0.2, 0) is 13.2 Å². The lowest BCUT2D eigenvalue weighted by Crippen LogP contribution is -2.06. The number of hydrogen-bond acceptors (Lipinski definition) is 5. The Bertz CT molecular complexity index is 841. The molecule has 0 aliphatic carbocycles. The number of nitrogens with zero attached hydrogens (tertiary/aromatic N) is 2. The number of ether oxygens (including phenoxy) is 2. The first-order valence-electron chi connectivity index (χ1n) is 7.49. The zero-order chi connectivity index (χ0) is 17.6. The maximum Gasteiger partial charge on any atom is 0.218 e. The summed E-state index contributed by atoms with van der Waals surface area (Å²) in [6.45, 7) is 0.793. The fraction of sp³-hybridized carbons (Fsp3) is 0.176. The number of H-pyrrole nitrogens is 1. The zero-order valence-electron chi connectivity index (χ0n) is 13.4. The Hall–Kier alpha value is -2.44. The van der Waals surface area contributed by atoms with Crippen LogP contribution in [0.2, 0.25) is 10.0 Å². The van der Waals surface area contributed by atoms with Gasteiger partial charge in [0, 0.05) is 27.7 Å². The molecule has 25 heavy (non-hydrogen) atoms. The van der Waals surface area contributed by atoms with Gasteiger partial charge in [-0.1, -0.05) is 41.4 Å². The van der Waals surface area contributed by atoms with Gasteiger partial charge in [-0.25, -0.2) is 10.1 Å². The number of rotatable bonds is 7. The van der Waals surface area contributed by atoms with Gasteiger partial charge in [0.1, 0.15) is 12.9 Å². The molecule has 8 heteroatoms. The van der Waals surface area contributed by atoms with Crippen LogP contribution in [0.4, 0.5) is 5.95 Å². The molecule has 0 aliphatic rings. The van der Waals surface area contributed by atoms with Gasteiger partial charge in [0.15, 0.2) is 11.5 Å². The van der Waals surface area contributed by atoms with Crippen molar-refractivity contribution in [3.8, 4) is 11.5 Å². The Morgan fingerprint density at radius 2 is 2.04 bits per heavy atom. The van der Waals surface area contributed by atoms with Crippen molar-refractivity contribution in [1.29, 1.82) is 0 Å². The van der Waals surface area contributed by atoms with Crippen LogP contribution in [0.15, 0.2) is 42.7 Å². The highest BCUT2D eigenvalue weighted by Crippen LogP contribution is 2.33. The molecule has 0 amide bonds. The number of anilines is 1. The maximum absolute atomic E-state index is 6.21. The van der Waals surface area contributed by atoms with E-state index < -0.39 is 0 Å². The van der Waals surface area contributed by atoms with E-state index in [1.807, 2.05) is 24.3 Å². The number of benzene rings is 2. The van der Waals surface area contributed by atoms with Gasteiger partial charge in [0.25, 0.3) is 0 Å². The number of hydrogen-bond donors (Lipinski definition) is 2. The van der Waals surface area contributed by atoms with Crippen molar-refractivity contribution in [3.05, 3.63) is 63.9 Å². The minimum Gasteiger partial charge on any atom is -0.493 e. The van der Waals surface area contributed by atoms with Crippen LogP contribution < -0.4 is 14.8 Å². The average Bonchev–Trinajstić information content (AvgIpc) is 3.13. The first-order valence-corrected chi connectivity index (χ1v) is 8.25. The molecule has 0 bridgehead atoms. The molecular formula is C17H16Cl2N4O2. The summed E-state index contributed by atoms with van der Waals surface area (Å²) in [7, 11) is 1.60. The molecule has 2 aromatic carbocycles. The Kier molecular flexibility index (Phi) is 5.63. The number of aromatic amines is 1. The van der Waals surface area contributed by atoms with Crippen LogP contribution in [0.5, 0.6) is 11.5 Å². The predicted octanol–water partition coefficient (Wildman–Crippen LogP) is 4.31. The van der Waals surface area contributed by atoms with E-state index >= 15 is 0 Å². The number of methoxy groups -OCH3 is 1. The largest absolute Gasteiger partial charge is 0.493 e. The van der Waals surface area contributed by atoms with Gasteiger partial charge in [-0.05, 0) is 18.2 Å². The van der Waals surface area contributed by atoms with E-state index in [2.05, 4.69) is 20.5 Å². The van der Waals surface area contributed by atoms with E-state index in [-0.39, 0.29) is 0 Å². The van der Waals surface area contributed by atoms with Gasteiger partial charge in [-0.3, -0.25) is 0 Å². The first kappa shape index (κ1) is 17.4. The minimum absolute atomic E-state index is 0.297. The van der Waals surface area contributed by atoms with E-state index in [0.29, 0.717) is 40.6 Å². The maximum atomic E-state index is 6.21. The first-order chi connectivity index (χ1) is 12.2. The van der Waals surface area contributed by atoms with Crippen molar-refractivity contribution >= 4 is 29.2 Å². The number of para-hydroxylation sites is 1. The third-order valence-electron chi connectivity index (χ3n) is 3.53. The number of halogens is 2. The molecule has 0 fully saturated rings. The van der Waals surface area contributed by atoms with Crippen molar-refractivity contribution in [1.82, 2.24) is 15.2 Å². The zero-order valence-corrected chi connectivity index (χ0v) is 14.9. The lowest BCUT2D eigenvalue weighted by atomic mass is 10.1. The Morgan fingerprint density at radius 1 is 1.16 bits per heavy atom. The summed E-state index contributed by atoms with van der Waals surface area (Å²) in [6, 6.07) is 11.0. The highest BCUT2D eigenvalue weighted by atomic mass is 35.5. The fourth-order valence-corrected chi connectivity index (χ4v) is 2.75. The molecule has 0 atom stereocenters. The molecule has 0 unspecified atom stereocenters. The molecule has 0 saturated carbocycles. The molecule has 0 saturated heterocycles. The van der Waals surface area contributed by atoms with Crippen molar-refractivity contribution in [3.63, 3.8) is 0 Å². The Morgan fingerprint density at radius 3 is 2.76 bits per heavy atom. The second-order valence-corrected chi connectivity index (χ2v) is 6.00. The Balaban J connectivity index is 1.78. The van der Waals surface area contributed by atoms with Crippen LogP contribution in [0, 0.1) is 0 Å². The topological polar surface area (TPSA) is 72.1 Å². The SMILES string of the molecule is COc1cccc(CNc2ncn[nH]2)c1OCc1ccc(Cl)cc1Cl. The Labute approximate surface area is 155 Å². The third-order valence-corrected chi connectivity index (χ3v) is 4.12. The van der Waals surface area contributed by atoms with Gasteiger partial charge in [-0.15, -0.1) is 0 Å². The lowest BCUT2D eigenvalue weighted by Gasteiger charge is -2.16. The molecule has 130 valence electrons. The molecule has 1 heterocycles. The average molecular weight is 379 g/mol. The highest BCUT2D eigenvalue weighted by molar-refractivity contribution is 6.35. The van der Waals surface area contributed by atoms with Crippen LogP contribution >= 0.6 is 23.2 Å². The van der Waals surface area contributed by atoms with Crippen molar-refractivity contribution in [2.75, 3.05) is 12.4 Å². The van der Waals surface area contributed by atoms with Crippen LogP contribution in [0.1, 0.15) is 11.1 Å². The van der Waals surface area contributed by atoms with Crippen molar-refractivity contribution in [2.45, 2.75) is 13.2 Å². The van der Waals surface area contributed by atoms with Crippen LogP contribution in [0.3, 0.4) is 0 Å². The smallest absolute Gasteiger partial charge is 0.218 e. The third kappa shape index (κ3) is 4.35. The lowest BCUT2D eigenvalue weighted by molar-refractivity contribution is 0.282. The molecule has 0 spiro atoms. The van der Waals surface area contributed by atoms with E-state index in [1.165, 1.54) is 6.33 Å². The van der Waals surface area contributed by atoms with Crippen molar-refractivity contribution in [2.24, 2.45) is 0 Å². The molecule has 3 aromatic rings. The summed E-state index contributed by atoms with van der Waals surface area (Å²) in [5.74, 6) is 1.86. The standard InChI is InChI=1S/C17H16Cl2N4O2/c1-24-15-4-2-3-11(8-20-17-21-10-22-23-17)16(15)25-9-12-5-6-13(18)7-14(12)19/h2-7,10H,8-9H2,1H3,(H2,20,21,22,23). The normalized spacial score (nSPS) is 10.5. The molecule has 6 nitrogen and oxygen atoms in total. The van der Waals surface area contributed by atoms with Crippen LogP contribution in [-0.4, -0.2) is 22.3 Å². The molecule has 0 aliphatic heterocycles. The number of nitrogens with one attached hydrogen (secondary N) is 2. The summed E-state index contributed by atoms with van der Waals surface area (Å²) in [5.41, 5.74) is 1.76. The summed E-state index contributed by atoms with van der Waals surface area (Å²) < 4.78 is 11.4. The summed E-state index contributed by atoms with van der Waals surface area (Å²) in [6.07, 6.45) is 1.44. The van der Waals surface area contributed by atoms with Gasteiger partial charge >= 0.3 is 0 Å². The quantitative estimate of drug-likeness (QED) is 0.640. The molecule has 2 N–H and O–H groups in total. The summed E-state index contributed by atoms with van der Waals surface area (Å²) in [5, 5.41) is 10.8. The van der Waals surface area contributed by atoms with E-state index in [1.54, 1.807) is 19.2 Å². The number of aromatic nitrogens is 3. The molecular weight excluding hydrogens is 363 g/mol. The van der Waals surface area contributed by atoms with E-state index in [0.717, 1.165) is 11.1 Å². The second kappa shape index (κ2) is 8.09. The van der Waals surface area contributed by atoms with E-state index in [9.17, 15) is 0 Å². The van der Waals surface area contributed by atoms with Gasteiger partial charge in [0.05, 0.1) is 7.11 Å². The fourth-order valence-electron chi connectivity index (χ4n) is 2.28. The van der Waals surface area contributed by atoms with Gasteiger partial charge in [-0.2, -0.15) is 5.10 Å². The monoisotopic (exact) mass is 378 g/mol. The van der Waals surface area contributed by atoms with Gasteiger partial charge < -0.3 is 14.8 Å². The van der Waals surface area contributed by atoms with Crippen LogP contribution in [0.25, 0.3) is 0 Å². The van der Waals surface area contributed by atoms with Gasteiger partial charge in [0.2, 0.25) is 5.95 Å². The summed E-state index contributed by atoms with van der Waals surface area (Å²) >= 11 is 12.1. The minimum atomic E-state index is 0.297. The molecule has 3 rings (SSSR count). The second-order valence-electron chi connectivity index (χ2n) is 5.16. The van der Waals surface area contributed by atoms with E-state index in [4.69, 9.17) is 32.7 Å². The predicted molar refractivity (Wildman–Crippen MR) is 97.5 cm³/mol. The van der Waals surface area contributed by atoms with Crippen molar-refractivity contribution < 1.29 is 9.47 Å². The molecule has 0 radical (unpaired) electrons.